The molecule has 1 unspecified atom stereocenters. The second-order valence-corrected chi connectivity index (χ2v) is 13.0. The van der Waals surface area contributed by atoms with E-state index in [9.17, 15) is 31.2 Å². The standard InChI is InChI=1S/C14H20ClNO.C13H14F3N3O4S/c1-14(2,3)16-9-11-8-13-10(7-12(11)15)5-4-6-17-13;14-13(15,16)8-2-1-3-9(6-8)24(22,23)19-5-4-18-12(21)10(19)7-11(17)20/h7-8,16H,4-6,9H2,1-3H3;1-3,6,10H,4-5,7H2,(H2,17,20)(H,18,21). The van der Waals surface area contributed by atoms with E-state index in [0.717, 1.165) is 60.5 Å². The molecule has 9 nitrogen and oxygen atoms in total. The first-order valence-corrected chi connectivity index (χ1v) is 14.7. The lowest BCUT2D eigenvalue weighted by Gasteiger charge is -2.33. The minimum atomic E-state index is -4.71. The molecule has 0 aliphatic carbocycles. The van der Waals surface area contributed by atoms with Crippen molar-refractivity contribution in [2.45, 2.75) is 69.2 Å². The number of benzene rings is 2. The maximum atomic E-state index is 12.8. The van der Waals surface area contributed by atoms with Crippen LogP contribution in [0.3, 0.4) is 0 Å². The van der Waals surface area contributed by atoms with E-state index in [0.29, 0.717) is 10.4 Å². The van der Waals surface area contributed by atoms with E-state index in [1.165, 1.54) is 5.56 Å². The lowest BCUT2D eigenvalue weighted by Crippen LogP contribution is -2.58. The summed E-state index contributed by atoms with van der Waals surface area (Å²) in [7, 11) is -4.41. The number of hydrogen-bond donors (Lipinski definition) is 3. The van der Waals surface area contributed by atoms with E-state index in [-0.39, 0.29) is 18.6 Å². The Morgan fingerprint density at radius 3 is 2.56 bits per heavy atom. The van der Waals surface area contributed by atoms with Crippen LogP contribution in [-0.4, -0.2) is 55.8 Å². The Labute approximate surface area is 242 Å². The van der Waals surface area contributed by atoms with Gasteiger partial charge in [-0.25, -0.2) is 8.42 Å². The van der Waals surface area contributed by atoms with E-state index in [4.69, 9.17) is 22.1 Å². The van der Waals surface area contributed by atoms with Crippen molar-refractivity contribution in [3.05, 3.63) is 58.1 Å². The Bertz CT molecular complexity index is 1380. The molecule has 4 N–H and O–H groups in total. The molecule has 0 saturated carbocycles. The van der Waals surface area contributed by atoms with Crippen molar-refractivity contribution < 1.29 is 35.9 Å². The zero-order chi connectivity index (χ0) is 30.6. The molecular formula is C27H34ClF3N4O5S. The molecule has 14 heteroatoms. The number of carbonyl (C=O) groups is 2. The molecule has 2 heterocycles. The van der Waals surface area contributed by atoms with Gasteiger partial charge in [-0.1, -0.05) is 17.7 Å². The third kappa shape index (κ3) is 8.81. The van der Waals surface area contributed by atoms with Gasteiger partial charge in [-0.3, -0.25) is 9.59 Å². The molecule has 1 fully saturated rings. The summed E-state index contributed by atoms with van der Waals surface area (Å²) in [6, 6.07) is 5.93. The molecule has 226 valence electrons. The van der Waals surface area contributed by atoms with Crippen molar-refractivity contribution in [3.8, 4) is 5.75 Å². The molecular weight excluding hydrogens is 585 g/mol. The number of nitrogens with one attached hydrogen (secondary N) is 2. The van der Waals surface area contributed by atoms with Gasteiger partial charge in [0.2, 0.25) is 21.8 Å². The predicted molar refractivity (Wildman–Crippen MR) is 148 cm³/mol. The van der Waals surface area contributed by atoms with Gasteiger partial charge in [-0.05, 0) is 75.1 Å². The highest BCUT2D eigenvalue weighted by molar-refractivity contribution is 7.89. The number of hydrogen-bond acceptors (Lipinski definition) is 6. The second kappa shape index (κ2) is 13.0. The Morgan fingerprint density at radius 1 is 1.22 bits per heavy atom. The third-order valence-electron chi connectivity index (χ3n) is 6.33. The number of amides is 2. The molecule has 2 aliphatic heterocycles. The van der Waals surface area contributed by atoms with E-state index in [1.54, 1.807) is 0 Å². The van der Waals surface area contributed by atoms with Crippen LogP contribution in [0.4, 0.5) is 13.2 Å². The maximum Gasteiger partial charge on any atom is 0.416 e. The van der Waals surface area contributed by atoms with E-state index in [2.05, 4.69) is 43.5 Å². The zero-order valence-corrected chi connectivity index (χ0v) is 24.5. The number of alkyl halides is 3. The van der Waals surface area contributed by atoms with Crippen molar-refractivity contribution in [1.82, 2.24) is 14.9 Å². The smallest absolute Gasteiger partial charge is 0.416 e. The lowest BCUT2D eigenvalue weighted by molar-refractivity contribution is -0.137. The van der Waals surface area contributed by atoms with Gasteiger partial charge in [-0.2, -0.15) is 17.5 Å². The average molecular weight is 619 g/mol. The molecule has 0 aromatic heterocycles. The maximum absolute atomic E-state index is 12.8. The van der Waals surface area contributed by atoms with Crippen molar-refractivity contribution in [3.63, 3.8) is 0 Å². The van der Waals surface area contributed by atoms with Crippen molar-refractivity contribution >= 4 is 33.4 Å². The van der Waals surface area contributed by atoms with Crippen LogP contribution in [0, 0.1) is 0 Å². The number of nitrogens with two attached hydrogens (primary N) is 1. The molecule has 1 atom stereocenters. The minimum absolute atomic E-state index is 0.0215. The summed E-state index contributed by atoms with van der Waals surface area (Å²) in [6.45, 7) is 7.84. The van der Waals surface area contributed by atoms with Crippen LogP contribution in [0.15, 0.2) is 41.3 Å². The van der Waals surface area contributed by atoms with Gasteiger partial charge in [0.25, 0.3) is 0 Å². The van der Waals surface area contributed by atoms with E-state index < -0.39 is 50.9 Å². The summed E-state index contributed by atoms with van der Waals surface area (Å²) in [5.41, 5.74) is 6.34. The summed E-state index contributed by atoms with van der Waals surface area (Å²) in [5.74, 6) is -0.622. The van der Waals surface area contributed by atoms with Gasteiger partial charge in [-0.15, -0.1) is 0 Å². The number of halogens is 4. The third-order valence-corrected chi connectivity index (χ3v) is 8.59. The number of nitrogens with zero attached hydrogens (tertiary/aromatic N) is 1. The zero-order valence-electron chi connectivity index (χ0n) is 23.0. The first-order chi connectivity index (χ1) is 19.0. The largest absolute Gasteiger partial charge is 0.493 e. The molecule has 0 bridgehead atoms. The van der Waals surface area contributed by atoms with Gasteiger partial charge in [0.15, 0.2) is 0 Å². The fourth-order valence-electron chi connectivity index (χ4n) is 4.24. The Kier molecular flexibility index (Phi) is 10.3. The number of piperazine rings is 1. The van der Waals surface area contributed by atoms with Gasteiger partial charge < -0.3 is 21.1 Å². The minimum Gasteiger partial charge on any atom is -0.493 e. The fourth-order valence-corrected chi connectivity index (χ4v) is 6.13. The number of primary amides is 1. The Balaban J connectivity index is 0.000000239. The lowest BCUT2D eigenvalue weighted by atomic mass is 10.0. The highest BCUT2D eigenvalue weighted by atomic mass is 35.5. The van der Waals surface area contributed by atoms with Gasteiger partial charge in [0, 0.05) is 30.2 Å². The van der Waals surface area contributed by atoms with Crippen molar-refractivity contribution in [2.75, 3.05) is 19.7 Å². The van der Waals surface area contributed by atoms with Crippen LogP contribution in [0.25, 0.3) is 0 Å². The number of carbonyl (C=O) groups excluding carboxylic acids is 2. The topological polar surface area (TPSA) is 131 Å². The Hall–Kier alpha value is -2.87. The second-order valence-electron chi connectivity index (χ2n) is 10.7. The number of rotatable bonds is 6. The Morgan fingerprint density at radius 2 is 1.93 bits per heavy atom. The number of fused-ring (bicyclic) bond motifs is 1. The quantitative estimate of drug-likeness (QED) is 0.453. The summed E-state index contributed by atoms with van der Waals surface area (Å²) < 4.78 is 70.0. The first kappa shape index (κ1) is 32.6. The molecule has 2 aromatic rings. The van der Waals surface area contributed by atoms with Gasteiger partial charge in [0.05, 0.1) is 23.5 Å². The van der Waals surface area contributed by atoms with Crippen molar-refractivity contribution in [1.29, 1.82) is 0 Å². The number of ether oxygens (including phenoxy) is 1. The SMILES string of the molecule is CC(C)(C)NCc1cc2c(cc1Cl)CCCO2.NC(=O)CC1C(=O)NCCN1S(=O)(=O)c1cccc(C(F)(F)F)c1. The van der Waals surface area contributed by atoms with Crippen LogP contribution >= 0.6 is 11.6 Å². The molecule has 2 amide bonds. The van der Waals surface area contributed by atoms with E-state index in [1.807, 2.05) is 0 Å². The van der Waals surface area contributed by atoms with E-state index >= 15 is 0 Å². The molecule has 2 aromatic carbocycles. The average Bonchev–Trinajstić information content (AvgIpc) is 2.88. The monoisotopic (exact) mass is 618 g/mol. The summed E-state index contributed by atoms with van der Waals surface area (Å²) >= 11 is 6.29. The van der Waals surface area contributed by atoms with Crippen LogP contribution in [0.1, 0.15) is 50.3 Å². The molecule has 0 radical (unpaired) electrons. The predicted octanol–water partition coefficient (Wildman–Crippen LogP) is 3.62. The number of sulfonamides is 1. The highest BCUT2D eigenvalue weighted by Crippen LogP contribution is 2.32. The van der Waals surface area contributed by atoms with Crippen LogP contribution in [0.5, 0.6) is 5.75 Å². The molecule has 4 rings (SSSR count). The first-order valence-electron chi connectivity index (χ1n) is 12.9. The molecule has 1 saturated heterocycles. The van der Waals surface area contributed by atoms with Crippen LogP contribution < -0.4 is 21.1 Å². The fraction of sp³-hybridized carbons (Fsp3) is 0.481. The normalized spacial score (nSPS) is 17.9. The molecule has 0 spiro atoms. The van der Waals surface area contributed by atoms with Gasteiger partial charge in [0.1, 0.15) is 11.8 Å². The summed E-state index contributed by atoms with van der Waals surface area (Å²) in [5, 5.41) is 6.68. The number of aryl methyl sites for hydroxylation is 1. The molecule has 2 aliphatic rings. The van der Waals surface area contributed by atoms with Crippen LogP contribution in [0.2, 0.25) is 5.02 Å². The summed E-state index contributed by atoms with van der Waals surface area (Å²) in [6.07, 6.45) is -3.12. The summed E-state index contributed by atoms with van der Waals surface area (Å²) in [4.78, 5) is 22.3. The molecule has 41 heavy (non-hydrogen) atoms. The van der Waals surface area contributed by atoms with Crippen LogP contribution in [-0.2, 0) is 38.8 Å². The van der Waals surface area contributed by atoms with Gasteiger partial charge >= 0.3 is 6.18 Å². The van der Waals surface area contributed by atoms with Crippen molar-refractivity contribution in [2.24, 2.45) is 5.73 Å². The highest BCUT2D eigenvalue weighted by Gasteiger charge is 2.40.